The van der Waals surface area contributed by atoms with E-state index in [1.165, 1.54) is 36.4 Å². The molecule has 2 aliphatic carbocycles. The maximum Gasteiger partial charge on any atom is 0.339 e. The van der Waals surface area contributed by atoms with Crippen molar-refractivity contribution in [1.82, 2.24) is 0 Å². The van der Waals surface area contributed by atoms with Crippen LogP contribution < -0.4 is 9.80 Å². The zero-order valence-corrected chi connectivity index (χ0v) is 26.1. The molecule has 6 unspecified atom stereocenters. The Balaban J connectivity index is 1.39. The minimum atomic E-state index is -2.26. The second kappa shape index (κ2) is 10.5. The van der Waals surface area contributed by atoms with Gasteiger partial charge in [-0.1, -0.05) is 23.3 Å². The van der Waals surface area contributed by atoms with Crippen LogP contribution in [0.1, 0.15) is 34.7 Å². The molecule has 2 aliphatic heterocycles. The van der Waals surface area contributed by atoms with Gasteiger partial charge >= 0.3 is 5.97 Å². The Morgan fingerprint density at radius 3 is 2.17 bits per heavy atom. The van der Waals surface area contributed by atoms with Gasteiger partial charge in [0.25, 0.3) is 11.8 Å². The Morgan fingerprint density at radius 1 is 0.830 bits per heavy atom. The van der Waals surface area contributed by atoms with Crippen LogP contribution in [0.5, 0.6) is 11.5 Å². The van der Waals surface area contributed by atoms with Crippen molar-refractivity contribution in [2.75, 3.05) is 9.80 Å². The van der Waals surface area contributed by atoms with E-state index in [9.17, 15) is 43.7 Å². The number of nitrogens with zero attached hydrogens (tertiary/aromatic N) is 2. The zero-order chi connectivity index (χ0) is 33.7. The quantitative estimate of drug-likeness (QED) is 0.187. The van der Waals surface area contributed by atoms with E-state index in [0.717, 1.165) is 34.1 Å². The van der Waals surface area contributed by atoms with Crippen LogP contribution in [0.25, 0.3) is 0 Å². The topological polar surface area (TPSA) is 153 Å². The number of aromatic carboxylic acids is 1. The van der Waals surface area contributed by atoms with Crippen molar-refractivity contribution < 1.29 is 43.7 Å². The minimum absolute atomic E-state index is 0.00246. The number of carbonyl (C=O) groups is 5. The molecule has 7 rings (SSSR count). The van der Waals surface area contributed by atoms with E-state index in [4.69, 9.17) is 34.8 Å². The molecule has 6 atom stereocenters. The van der Waals surface area contributed by atoms with Gasteiger partial charge in [-0.3, -0.25) is 19.2 Å². The molecule has 4 aliphatic rings. The standard InChI is InChI=1S/C33H22Cl3FN2O8/c34-14-1-10-23(40)21(11-14)26-18-8-9-20-25(28(43)38(27(20)42)17-6-7-19(29(44)45)24(41)12-17)22(18)13-32(35)30(46)39(31(47)33(26,32)36)16-4-2-15(37)3-5-16/h1-8,10-12,20,22,25-26,40-41H,9,13H2,(H,44,45). The summed E-state index contributed by atoms with van der Waals surface area (Å²) in [7, 11) is 0. The first-order valence-electron chi connectivity index (χ1n) is 14.4. The lowest BCUT2D eigenvalue weighted by atomic mass is 9.56. The number of halogens is 4. The first kappa shape index (κ1) is 31.2. The van der Waals surface area contributed by atoms with Crippen molar-refractivity contribution in [3.63, 3.8) is 0 Å². The molecule has 1 saturated carbocycles. The van der Waals surface area contributed by atoms with E-state index in [2.05, 4.69) is 0 Å². The molecule has 3 aromatic rings. The van der Waals surface area contributed by atoms with Gasteiger partial charge in [0.1, 0.15) is 22.9 Å². The fourth-order valence-electron chi connectivity index (χ4n) is 7.60. The highest BCUT2D eigenvalue weighted by atomic mass is 35.5. The van der Waals surface area contributed by atoms with Crippen molar-refractivity contribution in [2.45, 2.75) is 28.5 Å². The van der Waals surface area contributed by atoms with Gasteiger partial charge in [-0.15, -0.1) is 23.2 Å². The summed E-state index contributed by atoms with van der Waals surface area (Å²) in [5.74, 6) is -10.4. The highest BCUT2D eigenvalue weighted by Gasteiger charge is 2.77. The smallest absolute Gasteiger partial charge is 0.339 e. The van der Waals surface area contributed by atoms with Gasteiger partial charge in [0, 0.05) is 22.6 Å². The van der Waals surface area contributed by atoms with Crippen molar-refractivity contribution in [2.24, 2.45) is 17.8 Å². The number of hydrogen-bond acceptors (Lipinski definition) is 7. The van der Waals surface area contributed by atoms with Crippen LogP contribution in [-0.2, 0) is 19.2 Å². The lowest BCUT2D eigenvalue weighted by Gasteiger charge is -2.50. The predicted octanol–water partition coefficient (Wildman–Crippen LogP) is 5.36. The number of carboxylic acids is 1. The van der Waals surface area contributed by atoms with Crippen LogP contribution >= 0.6 is 34.8 Å². The molecule has 47 heavy (non-hydrogen) atoms. The summed E-state index contributed by atoms with van der Waals surface area (Å²) in [5.41, 5.74) is -0.0210. The summed E-state index contributed by atoms with van der Waals surface area (Å²) in [5, 5.41) is 30.9. The van der Waals surface area contributed by atoms with Gasteiger partial charge in [-0.05, 0) is 73.4 Å². The van der Waals surface area contributed by atoms with Gasteiger partial charge in [-0.25, -0.2) is 19.0 Å². The van der Waals surface area contributed by atoms with Crippen molar-refractivity contribution >= 4 is 75.8 Å². The minimum Gasteiger partial charge on any atom is -0.508 e. The van der Waals surface area contributed by atoms with Gasteiger partial charge in [0.15, 0.2) is 9.75 Å². The van der Waals surface area contributed by atoms with Crippen LogP contribution in [0.3, 0.4) is 0 Å². The first-order chi connectivity index (χ1) is 22.2. The number of hydrogen-bond donors (Lipinski definition) is 3. The highest BCUT2D eigenvalue weighted by Crippen LogP contribution is 2.66. The molecule has 240 valence electrons. The molecule has 0 spiro atoms. The van der Waals surface area contributed by atoms with E-state index < -0.39 is 80.1 Å². The second-order valence-corrected chi connectivity index (χ2v) is 13.7. The number of phenolic OH excluding ortho intramolecular Hbond substituents is 1. The number of benzene rings is 3. The third-order valence-electron chi connectivity index (χ3n) is 9.67. The summed E-state index contributed by atoms with van der Waals surface area (Å²) >= 11 is 20.9. The molecule has 2 heterocycles. The Morgan fingerprint density at radius 2 is 1.51 bits per heavy atom. The zero-order valence-electron chi connectivity index (χ0n) is 23.9. The summed E-state index contributed by atoms with van der Waals surface area (Å²) in [6.07, 6.45) is 1.32. The first-order valence-corrected chi connectivity index (χ1v) is 15.5. The molecule has 10 nitrogen and oxygen atoms in total. The molecule has 3 aromatic carbocycles. The normalized spacial score (nSPS) is 29.8. The van der Waals surface area contributed by atoms with Crippen LogP contribution in [0.4, 0.5) is 15.8 Å². The van der Waals surface area contributed by atoms with E-state index in [1.807, 2.05) is 0 Å². The number of allylic oxidation sites excluding steroid dienone is 2. The third-order valence-corrected chi connectivity index (χ3v) is 11.3. The molecule has 0 aromatic heterocycles. The van der Waals surface area contributed by atoms with E-state index in [1.54, 1.807) is 6.08 Å². The Hall–Kier alpha value is -4.45. The number of aromatic hydroxyl groups is 2. The van der Waals surface area contributed by atoms with Crippen molar-refractivity contribution in [3.05, 3.63) is 94.3 Å². The third kappa shape index (κ3) is 4.19. The fraction of sp³-hybridized carbons (Fsp3) is 0.242. The second-order valence-electron chi connectivity index (χ2n) is 12.0. The monoisotopic (exact) mass is 698 g/mol. The Labute approximate surface area is 280 Å². The Kier molecular flexibility index (Phi) is 6.98. The summed E-state index contributed by atoms with van der Waals surface area (Å²) in [6.45, 7) is 0. The molecule has 0 bridgehead atoms. The average molecular weight is 700 g/mol. The van der Waals surface area contributed by atoms with Crippen LogP contribution in [0.2, 0.25) is 5.02 Å². The summed E-state index contributed by atoms with van der Waals surface area (Å²) < 4.78 is 13.8. The number of carbonyl (C=O) groups excluding carboxylic acids is 4. The van der Waals surface area contributed by atoms with Crippen LogP contribution in [0, 0.1) is 23.6 Å². The number of imide groups is 2. The maximum absolute atomic E-state index is 14.4. The van der Waals surface area contributed by atoms with Gasteiger partial charge in [0.05, 0.1) is 23.2 Å². The molecule has 3 N–H and O–H groups in total. The largest absolute Gasteiger partial charge is 0.508 e. The van der Waals surface area contributed by atoms with Crippen LogP contribution in [0.15, 0.2) is 72.3 Å². The molecule has 0 radical (unpaired) electrons. The number of fused-ring (bicyclic) bond motifs is 4. The maximum atomic E-state index is 14.4. The van der Waals surface area contributed by atoms with Crippen molar-refractivity contribution in [1.29, 1.82) is 0 Å². The highest BCUT2D eigenvalue weighted by molar-refractivity contribution is 6.58. The summed E-state index contributed by atoms with van der Waals surface area (Å²) in [6, 6.07) is 12.0. The van der Waals surface area contributed by atoms with E-state index >= 15 is 0 Å². The van der Waals surface area contributed by atoms with E-state index in [-0.39, 0.29) is 40.6 Å². The number of anilines is 2. The number of phenols is 2. The van der Waals surface area contributed by atoms with Crippen LogP contribution in [-0.4, -0.2) is 54.7 Å². The lowest BCUT2D eigenvalue weighted by Crippen LogP contribution is -2.60. The van der Waals surface area contributed by atoms with Crippen molar-refractivity contribution in [3.8, 4) is 11.5 Å². The molecule has 2 saturated heterocycles. The van der Waals surface area contributed by atoms with E-state index in [0.29, 0.717) is 5.57 Å². The fourth-order valence-corrected chi connectivity index (χ4v) is 8.70. The Bertz CT molecular complexity index is 1990. The number of rotatable bonds is 4. The van der Waals surface area contributed by atoms with Gasteiger partial charge in [0.2, 0.25) is 11.8 Å². The number of alkyl halides is 2. The van der Waals surface area contributed by atoms with Gasteiger partial charge in [-0.2, -0.15) is 0 Å². The number of carboxylic acid groups (broad SMARTS) is 1. The average Bonchev–Trinajstić information content (AvgIpc) is 3.36. The molecule has 3 fully saturated rings. The molecule has 4 amide bonds. The van der Waals surface area contributed by atoms with Gasteiger partial charge < -0.3 is 15.3 Å². The molecular weight excluding hydrogens is 678 g/mol. The molecular formula is C33H22Cl3FN2O8. The summed E-state index contributed by atoms with van der Waals surface area (Å²) in [4.78, 5) is 65.1. The number of amides is 4. The predicted molar refractivity (Wildman–Crippen MR) is 167 cm³/mol. The lowest BCUT2D eigenvalue weighted by molar-refractivity contribution is -0.125. The SMILES string of the molecule is O=C(O)c1ccc(N2C(=O)C3CC=C4C(CC5(Cl)C(=O)N(c6ccc(F)cc6)C(=O)C5(Cl)C4c4cc(Cl)ccc4O)C3C2=O)cc1O. The molecule has 14 heteroatoms.